The lowest BCUT2D eigenvalue weighted by atomic mass is 10.3. The minimum atomic E-state index is -0.999. The summed E-state index contributed by atoms with van der Waals surface area (Å²) < 4.78 is 4.52. The molecular weight excluding hydrogens is 242 g/mol. The molecule has 0 aromatic heterocycles. The van der Waals surface area contributed by atoms with Crippen LogP contribution in [0.2, 0.25) is 0 Å². The maximum Gasteiger partial charge on any atom is 0.306 e. The number of amides is 2. The molecule has 18 heavy (non-hydrogen) atoms. The second-order valence-corrected chi connectivity index (χ2v) is 3.34. The Morgan fingerprint density at radius 3 is 2.17 bits per heavy atom. The van der Waals surface area contributed by atoms with Crippen LogP contribution in [-0.4, -0.2) is 35.5 Å². The number of ether oxygens (including phenoxy) is 1. The van der Waals surface area contributed by atoms with Crippen molar-refractivity contribution in [1.82, 2.24) is 5.32 Å². The summed E-state index contributed by atoms with van der Waals surface area (Å²) in [6.45, 7) is 3.47. The number of carboxylic acids is 1. The number of imide groups is 1. The number of nitrogens with one attached hydrogen (secondary N) is 1. The highest BCUT2D eigenvalue weighted by atomic mass is 16.5. The maximum atomic E-state index is 10.6. The molecular formula is C11H15NO6. The third kappa shape index (κ3) is 9.08. The van der Waals surface area contributed by atoms with Gasteiger partial charge < -0.3 is 9.84 Å². The molecule has 0 aromatic carbocycles. The Bertz CT molecular complexity index is 335. The predicted molar refractivity (Wildman–Crippen MR) is 60.4 cm³/mol. The highest BCUT2D eigenvalue weighted by Crippen LogP contribution is 1.95. The van der Waals surface area contributed by atoms with Crippen molar-refractivity contribution >= 4 is 23.8 Å². The van der Waals surface area contributed by atoms with Crippen LogP contribution >= 0.6 is 0 Å². The van der Waals surface area contributed by atoms with Crippen LogP contribution in [-0.2, 0) is 23.9 Å². The van der Waals surface area contributed by atoms with Gasteiger partial charge in [0.05, 0.1) is 12.8 Å². The van der Waals surface area contributed by atoms with E-state index in [1.54, 1.807) is 0 Å². The molecule has 0 saturated carbocycles. The molecule has 1 saturated heterocycles. The quantitative estimate of drug-likeness (QED) is 0.407. The summed E-state index contributed by atoms with van der Waals surface area (Å²) in [6, 6.07) is 0. The summed E-state index contributed by atoms with van der Waals surface area (Å²) in [5, 5.41) is 10.3. The molecule has 1 aliphatic rings. The normalized spacial score (nSPS) is 13.1. The minimum Gasteiger partial charge on any atom is -0.481 e. The van der Waals surface area contributed by atoms with Crippen molar-refractivity contribution in [1.29, 1.82) is 0 Å². The second kappa shape index (κ2) is 8.91. The van der Waals surface area contributed by atoms with Gasteiger partial charge in [-0.15, -0.1) is 0 Å². The average Bonchev–Trinajstić information content (AvgIpc) is 2.68. The molecule has 2 N–H and O–H groups in total. The summed E-state index contributed by atoms with van der Waals surface area (Å²) in [5.74, 6) is -1.80. The minimum absolute atomic E-state index is 0.0802. The van der Waals surface area contributed by atoms with Gasteiger partial charge in [0.15, 0.2) is 0 Å². The van der Waals surface area contributed by atoms with Gasteiger partial charge in [0.1, 0.15) is 6.61 Å². The number of carbonyl (C=O) groups excluding carboxylic acids is 3. The first-order chi connectivity index (χ1) is 8.45. The highest BCUT2D eigenvalue weighted by Gasteiger charge is 2.15. The van der Waals surface area contributed by atoms with E-state index in [1.807, 2.05) is 0 Å². The molecule has 1 fully saturated rings. The average molecular weight is 257 g/mol. The standard InChI is InChI=1S/C7H10O4.C4H5NO2/c1-2-5-11-7(10)4-3-6(8)9;6-3-1-2-4(7)5-3/h2H,1,3-5H2,(H,8,9);1-2H2,(H,5,6,7). The van der Waals surface area contributed by atoms with Crippen molar-refractivity contribution in [3.63, 3.8) is 0 Å². The molecule has 2 amide bonds. The molecule has 0 bridgehead atoms. The van der Waals surface area contributed by atoms with Gasteiger partial charge in [0, 0.05) is 12.8 Å². The van der Waals surface area contributed by atoms with Crippen molar-refractivity contribution in [3.8, 4) is 0 Å². The van der Waals surface area contributed by atoms with E-state index < -0.39 is 11.9 Å². The van der Waals surface area contributed by atoms with E-state index in [2.05, 4.69) is 16.6 Å². The molecule has 0 atom stereocenters. The van der Waals surface area contributed by atoms with Crippen LogP contribution in [0.5, 0.6) is 0 Å². The van der Waals surface area contributed by atoms with Crippen molar-refractivity contribution in [3.05, 3.63) is 12.7 Å². The largest absolute Gasteiger partial charge is 0.481 e. The summed E-state index contributed by atoms with van der Waals surface area (Å²) in [4.78, 5) is 40.8. The van der Waals surface area contributed by atoms with Gasteiger partial charge in [-0.05, 0) is 0 Å². The van der Waals surface area contributed by atoms with Crippen molar-refractivity contribution in [2.24, 2.45) is 0 Å². The molecule has 0 unspecified atom stereocenters. The predicted octanol–water partition coefficient (Wildman–Crippen LogP) is 0.00340. The fourth-order valence-electron chi connectivity index (χ4n) is 0.941. The van der Waals surface area contributed by atoms with E-state index in [-0.39, 0.29) is 31.3 Å². The Morgan fingerprint density at radius 1 is 1.28 bits per heavy atom. The Morgan fingerprint density at radius 2 is 1.83 bits per heavy atom. The van der Waals surface area contributed by atoms with E-state index in [9.17, 15) is 19.2 Å². The Labute approximate surface area is 104 Å². The smallest absolute Gasteiger partial charge is 0.306 e. The van der Waals surface area contributed by atoms with Crippen LogP contribution in [0.25, 0.3) is 0 Å². The summed E-state index contributed by atoms with van der Waals surface area (Å²) in [6.07, 6.45) is 1.91. The zero-order valence-corrected chi connectivity index (χ0v) is 9.81. The molecule has 7 nitrogen and oxygen atoms in total. The fraction of sp³-hybridized carbons (Fsp3) is 0.455. The zero-order chi connectivity index (χ0) is 14.0. The van der Waals surface area contributed by atoms with Crippen LogP contribution in [0.1, 0.15) is 25.7 Å². The molecule has 0 radical (unpaired) electrons. The van der Waals surface area contributed by atoms with Gasteiger partial charge in [-0.2, -0.15) is 0 Å². The third-order valence-corrected chi connectivity index (χ3v) is 1.76. The van der Waals surface area contributed by atoms with E-state index >= 15 is 0 Å². The summed E-state index contributed by atoms with van der Waals surface area (Å²) >= 11 is 0. The lowest BCUT2D eigenvalue weighted by Crippen LogP contribution is -2.18. The number of hydrogen-bond acceptors (Lipinski definition) is 5. The topological polar surface area (TPSA) is 110 Å². The second-order valence-electron chi connectivity index (χ2n) is 3.34. The summed E-state index contributed by atoms with van der Waals surface area (Å²) in [5.41, 5.74) is 0. The molecule has 7 heteroatoms. The van der Waals surface area contributed by atoms with Gasteiger partial charge in [0.2, 0.25) is 11.8 Å². The molecule has 0 aromatic rings. The van der Waals surface area contributed by atoms with Crippen LogP contribution < -0.4 is 5.32 Å². The SMILES string of the molecule is C=CCOC(=O)CCC(=O)O.O=C1CCC(=O)N1. The Balaban J connectivity index is 0.000000351. The monoisotopic (exact) mass is 257 g/mol. The van der Waals surface area contributed by atoms with E-state index in [1.165, 1.54) is 6.08 Å². The molecule has 1 heterocycles. The maximum absolute atomic E-state index is 10.6. The lowest BCUT2D eigenvalue weighted by molar-refractivity contribution is -0.146. The van der Waals surface area contributed by atoms with Gasteiger partial charge in [-0.25, -0.2) is 0 Å². The van der Waals surface area contributed by atoms with Crippen LogP contribution in [0.3, 0.4) is 0 Å². The van der Waals surface area contributed by atoms with Gasteiger partial charge in [0.25, 0.3) is 0 Å². The van der Waals surface area contributed by atoms with Crippen molar-refractivity contribution in [2.75, 3.05) is 6.61 Å². The van der Waals surface area contributed by atoms with Crippen LogP contribution in [0.15, 0.2) is 12.7 Å². The number of rotatable bonds is 5. The number of hydrogen-bond donors (Lipinski definition) is 2. The van der Waals surface area contributed by atoms with Crippen LogP contribution in [0, 0.1) is 0 Å². The van der Waals surface area contributed by atoms with E-state index in [4.69, 9.17) is 5.11 Å². The van der Waals surface area contributed by atoms with Crippen LogP contribution in [0.4, 0.5) is 0 Å². The first-order valence-corrected chi connectivity index (χ1v) is 5.26. The number of carboxylic acid groups (broad SMARTS) is 1. The first kappa shape index (κ1) is 15.8. The Hall–Kier alpha value is -2.18. The van der Waals surface area contributed by atoms with Crippen molar-refractivity contribution < 1.29 is 29.0 Å². The zero-order valence-electron chi connectivity index (χ0n) is 9.81. The fourth-order valence-corrected chi connectivity index (χ4v) is 0.941. The molecule has 1 rings (SSSR count). The molecule has 100 valence electrons. The summed E-state index contributed by atoms with van der Waals surface area (Å²) in [7, 11) is 0. The molecule has 0 spiro atoms. The number of carbonyl (C=O) groups is 4. The van der Waals surface area contributed by atoms with Crippen molar-refractivity contribution in [2.45, 2.75) is 25.7 Å². The molecule has 1 aliphatic heterocycles. The Kier molecular flexibility index (Phi) is 7.83. The van der Waals surface area contributed by atoms with Gasteiger partial charge >= 0.3 is 11.9 Å². The first-order valence-electron chi connectivity index (χ1n) is 5.26. The molecule has 0 aliphatic carbocycles. The number of esters is 1. The highest BCUT2D eigenvalue weighted by molar-refractivity contribution is 6.01. The van der Waals surface area contributed by atoms with Gasteiger partial charge in [-0.3, -0.25) is 24.5 Å². The van der Waals surface area contributed by atoms with E-state index in [0.717, 1.165) is 0 Å². The van der Waals surface area contributed by atoms with E-state index in [0.29, 0.717) is 12.8 Å². The lowest BCUT2D eigenvalue weighted by Gasteiger charge is -1.98. The third-order valence-electron chi connectivity index (χ3n) is 1.76. The van der Waals surface area contributed by atoms with Gasteiger partial charge in [-0.1, -0.05) is 12.7 Å². The number of aliphatic carboxylic acids is 1.